The molecule has 4 heterocycles. The Kier molecular flexibility index (Phi) is 6.83. The lowest BCUT2D eigenvalue weighted by Crippen LogP contribution is -2.06. The summed E-state index contributed by atoms with van der Waals surface area (Å²) in [5.74, 6) is 1.67. The third kappa shape index (κ3) is 4.81. The molecule has 6 heteroatoms. The Morgan fingerprint density at radius 3 is 1.65 bits per heavy atom. The number of fused-ring (bicyclic) bond motifs is 9. The zero-order valence-corrected chi connectivity index (χ0v) is 30.5. The smallest absolute Gasteiger partial charge is 0.238 e. The van der Waals surface area contributed by atoms with Gasteiger partial charge >= 0.3 is 0 Å². The SMILES string of the molecule is c1ccc(-c2ccc3c(c2)c2ccccc2n3-c2cccc3oc4c(-c5nc(-c6ccccc6)nc(-n6c7ccccc7c7ccccc76)n5)cccc4c23)cc1. The molecule has 0 aliphatic carbocycles. The van der Waals surface area contributed by atoms with Crippen molar-refractivity contribution in [3.8, 4) is 45.5 Å². The van der Waals surface area contributed by atoms with Gasteiger partial charge in [-0.15, -0.1) is 0 Å². The number of furan rings is 1. The largest absolute Gasteiger partial charge is 0.455 e. The maximum atomic E-state index is 6.87. The molecule has 266 valence electrons. The zero-order valence-electron chi connectivity index (χ0n) is 30.5. The molecule has 4 aromatic heterocycles. The van der Waals surface area contributed by atoms with Crippen LogP contribution in [0.15, 0.2) is 192 Å². The van der Waals surface area contributed by atoms with E-state index in [9.17, 15) is 0 Å². The van der Waals surface area contributed by atoms with E-state index < -0.39 is 0 Å². The average molecular weight is 730 g/mol. The molecule has 0 N–H and O–H groups in total. The Morgan fingerprint density at radius 2 is 0.930 bits per heavy atom. The summed E-state index contributed by atoms with van der Waals surface area (Å²) in [7, 11) is 0. The maximum absolute atomic E-state index is 6.87. The summed E-state index contributed by atoms with van der Waals surface area (Å²) in [6, 6.07) is 65.5. The van der Waals surface area contributed by atoms with Gasteiger partial charge in [-0.3, -0.25) is 4.57 Å². The van der Waals surface area contributed by atoms with E-state index in [2.05, 4.69) is 167 Å². The molecule has 12 rings (SSSR count). The molecule has 0 saturated carbocycles. The third-order valence-corrected chi connectivity index (χ3v) is 11.2. The summed E-state index contributed by atoms with van der Waals surface area (Å²) >= 11 is 0. The van der Waals surface area contributed by atoms with Crippen LogP contribution < -0.4 is 0 Å². The Morgan fingerprint density at radius 1 is 0.368 bits per heavy atom. The van der Waals surface area contributed by atoms with Gasteiger partial charge in [0.2, 0.25) is 5.95 Å². The Bertz CT molecular complexity index is 3470. The number of aromatic nitrogens is 5. The van der Waals surface area contributed by atoms with Gasteiger partial charge in [-0.2, -0.15) is 9.97 Å². The molecule has 0 spiro atoms. The van der Waals surface area contributed by atoms with Gasteiger partial charge in [0.25, 0.3) is 0 Å². The minimum Gasteiger partial charge on any atom is -0.455 e. The first-order valence-electron chi connectivity index (χ1n) is 19.1. The minimum absolute atomic E-state index is 0.539. The van der Waals surface area contributed by atoms with Crippen LogP contribution in [0.4, 0.5) is 0 Å². The summed E-state index contributed by atoms with van der Waals surface area (Å²) < 4.78 is 11.4. The zero-order chi connectivity index (χ0) is 37.5. The van der Waals surface area contributed by atoms with Gasteiger partial charge in [-0.1, -0.05) is 140 Å². The van der Waals surface area contributed by atoms with Crippen molar-refractivity contribution in [1.82, 2.24) is 24.1 Å². The topological polar surface area (TPSA) is 61.7 Å². The van der Waals surface area contributed by atoms with E-state index in [0.717, 1.165) is 71.6 Å². The van der Waals surface area contributed by atoms with Crippen molar-refractivity contribution in [2.75, 3.05) is 0 Å². The molecule has 6 nitrogen and oxygen atoms in total. The molecule has 0 fully saturated rings. The number of para-hydroxylation sites is 4. The summed E-state index contributed by atoms with van der Waals surface area (Å²) in [4.78, 5) is 15.5. The minimum atomic E-state index is 0.539. The lowest BCUT2D eigenvalue weighted by Gasteiger charge is -2.11. The molecule has 0 bridgehead atoms. The van der Waals surface area contributed by atoms with E-state index in [0.29, 0.717) is 17.6 Å². The van der Waals surface area contributed by atoms with Crippen LogP contribution in [0.2, 0.25) is 0 Å². The highest BCUT2D eigenvalue weighted by molar-refractivity contribution is 6.16. The summed E-state index contributed by atoms with van der Waals surface area (Å²) in [5.41, 5.74) is 11.0. The monoisotopic (exact) mass is 729 g/mol. The molecular weight excluding hydrogens is 699 g/mol. The second kappa shape index (κ2) is 12.3. The predicted molar refractivity (Wildman–Crippen MR) is 232 cm³/mol. The van der Waals surface area contributed by atoms with Crippen LogP contribution in [0.25, 0.3) is 111 Å². The number of hydrogen-bond donors (Lipinski definition) is 0. The Balaban J connectivity index is 1.10. The highest BCUT2D eigenvalue weighted by atomic mass is 16.3. The van der Waals surface area contributed by atoms with E-state index in [1.807, 2.05) is 30.3 Å². The van der Waals surface area contributed by atoms with Gasteiger partial charge in [-0.25, -0.2) is 4.98 Å². The van der Waals surface area contributed by atoms with Crippen molar-refractivity contribution in [3.05, 3.63) is 188 Å². The summed E-state index contributed by atoms with van der Waals surface area (Å²) in [6.45, 7) is 0. The van der Waals surface area contributed by atoms with Crippen molar-refractivity contribution >= 4 is 65.6 Å². The molecule has 0 atom stereocenters. The molecule has 57 heavy (non-hydrogen) atoms. The van der Waals surface area contributed by atoms with Crippen molar-refractivity contribution in [1.29, 1.82) is 0 Å². The van der Waals surface area contributed by atoms with E-state index in [1.165, 1.54) is 21.9 Å². The number of nitrogens with zero attached hydrogens (tertiary/aromatic N) is 5. The second-order valence-electron chi connectivity index (χ2n) is 14.4. The third-order valence-electron chi connectivity index (χ3n) is 11.2. The molecule has 0 unspecified atom stereocenters. The summed E-state index contributed by atoms with van der Waals surface area (Å²) in [5, 5.41) is 6.71. The molecule has 0 saturated heterocycles. The first-order chi connectivity index (χ1) is 28.3. The van der Waals surface area contributed by atoms with Crippen LogP contribution in [0.3, 0.4) is 0 Å². The fourth-order valence-electron chi connectivity index (χ4n) is 8.67. The van der Waals surface area contributed by atoms with Gasteiger partial charge < -0.3 is 8.98 Å². The number of hydrogen-bond acceptors (Lipinski definition) is 4. The quantitative estimate of drug-likeness (QED) is 0.177. The van der Waals surface area contributed by atoms with Crippen molar-refractivity contribution in [2.45, 2.75) is 0 Å². The van der Waals surface area contributed by atoms with Crippen LogP contribution >= 0.6 is 0 Å². The molecular formula is C51H31N5O. The van der Waals surface area contributed by atoms with Crippen molar-refractivity contribution in [3.63, 3.8) is 0 Å². The molecule has 0 aliphatic rings. The number of benzene rings is 8. The lowest BCUT2D eigenvalue weighted by atomic mass is 10.0. The molecule has 0 amide bonds. The maximum Gasteiger partial charge on any atom is 0.238 e. The number of rotatable bonds is 5. The van der Waals surface area contributed by atoms with Crippen LogP contribution in [-0.4, -0.2) is 24.1 Å². The van der Waals surface area contributed by atoms with Crippen LogP contribution in [0.5, 0.6) is 0 Å². The van der Waals surface area contributed by atoms with Crippen molar-refractivity contribution in [2.24, 2.45) is 0 Å². The summed E-state index contributed by atoms with van der Waals surface area (Å²) in [6.07, 6.45) is 0. The molecule has 0 aliphatic heterocycles. The Hall–Kier alpha value is -7.83. The van der Waals surface area contributed by atoms with Crippen LogP contribution in [0, 0.1) is 0 Å². The standard InChI is InChI=1S/C51H31N5O/c1-3-15-32(16-4-1)34-29-30-44-40(31-34)37-21-9-10-24-41(37)55(44)45-27-14-28-46-47(45)38-22-13-23-39(48(38)57-46)50-52-49(33-17-5-2-6-18-33)53-51(54-50)56-42-25-11-7-19-35(42)36-20-8-12-26-43(36)56/h1-31H. The van der Waals surface area contributed by atoms with Gasteiger partial charge in [0.05, 0.1) is 38.7 Å². The lowest BCUT2D eigenvalue weighted by molar-refractivity contribution is 0.669. The average Bonchev–Trinajstić information content (AvgIpc) is 3.95. The van der Waals surface area contributed by atoms with Crippen LogP contribution in [-0.2, 0) is 0 Å². The van der Waals surface area contributed by atoms with Gasteiger partial charge in [0, 0.05) is 32.5 Å². The highest BCUT2D eigenvalue weighted by Gasteiger charge is 2.23. The van der Waals surface area contributed by atoms with E-state index in [4.69, 9.17) is 19.4 Å². The van der Waals surface area contributed by atoms with Gasteiger partial charge in [0.1, 0.15) is 11.2 Å². The highest BCUT2D eigenvalue weighted by Crippen LogP contribution is 2.42. The first kappa shape index (κ1) is 31.5. The van der Waals surface area contributed by atoms with Gasteiger partial charge in [-0.05, 0) is 59.7 Å². The normalized spacial score (nSPS) is 11.9. The second-order valence-corrected chi connectivity index (χ2v) is 14.4. The van der Waals surface area contributed by atoms with Crippen molar-refractivity contribution < 1.29 is 4.42 Å². The van der Waals surface area contributed by atoms with E-state index in [-0.39, 0.29) is 0 Å². The van der Waals surface area contributed by atoms with Gasteiger partial charge in [0.15, 0.2) is 11.6 Å². The molecule has 8 aromatic carbocycles. The molecule has 0 radical (unpaired) electrons. The van der Waals surface area contributed by atoms with E-state index in [1.54, 1.807) is 0 Å². The predicted octanol–water partition coefficient (Wildman–Crippen LogP) is 13.0. The fourth-order valence-corrected chi connectivity index (χ4v) is 8.67. The first-order valence-corrected chi connectivity index (χ1v) is 19.1. The van der Waals surface area contributed by atoms with Crippen LogP contribution in [0.1, 0.15) is 0 Å². The van der Waals surface area contributed by atoms with E-state index >= 15 is 0 Å². The fraction of sp³-hybridized carbons (Fsp3) is 0. The Labute approximate surface area is 326 Å². The molecule has 12 aromatic rings.